The summed E-state index contributed by atoms with van der Waals surface area (Å²) in [4.78, 5) is 0. The molecule has 5 saturated heterocycles. The van der Waals surface area contributed by atoms with Crippen LogP contribution in [0, 0.1) is 22.7 Å². The first-order valence-corrected chi connectivity index (χ1v) is 12.7. The minimum atomic E-state index is -0.831. The fourth-order valence-corrected chi connectivity index (χ4v) is 8.01. The Hall–Kier alpha value is -0.580. The molecule has 34 heavy (non-hydrogen) atoms. The van der Waals surface area contributed by atoms with Gasteiger partial charge < -0.3 is 38.3 Å². The van der Waals surface area contributed by atoms with Crippen LogP contribution in [0.4, 0.5) is 0 Å². The fourth-order valence-electron chi connectivity index (χ4n) is 8.01. The Morgan fingerprint density at radius 1 is 0.853 bits per heavy atom. The Bertz CT molecular complexity index is 865. The molecule has 6 rings (SSSR count). The summed E-state index contributed by atoms with van der Waals surface area (Å²) in [6.45, 7) is 14.0. The Balaban J connectivity index is 1.47. The maximum atomic E-state index is 11.5. The second kappa shape index (κ2) is 7.25. The zero-order chi connectivity index (χ0) is 24.3. The molecule has 5 aliphatic heterocycles. The molecular weight excluding hydrogens is 440 g/mol. The summed E-state index contributed by atoms with van der Waals surface area (Å²) in [5, 5.41) is 11.5. The van der Waals surface area contributed by atoms with Gasteiger partial charge in [-0.2, -0.15) is 0 Å². The minimum Gasteiger partial charge on any atom is -0.390 e. The van der Waals surface area contributed by atoms with E-state index in [0.29, 0.717) is 26.2 Å². The molecule has 0 amide bonds. The summed E-state index contributed by atoms with van der Waals surface area (Å²) in [5.74, 6) is -1.39. The van der Waals surface area contributed by atoms with Crippen LogP contribution in [0.25, 0.3) is 0 Å². The molecule has 6 fully saturated rings. The van der Waals surface area contributed by atoms with Crippen molar-refractivity contribution in [3.8, 4) is 0 Å². The average molecular weight is 481 g/mol. The highest BCUT2D eigenvalue weighted by Gasteiger charge is 2.79. The third-order valence-electron chi connectivity index (χ3n) is 9.72. The summed E-state index contributed by atoms with van der Waals surface area (Å²) in [6, 6.07) is 0. The van der Waals surface area contributed by atoms with Crippen molar-refractivity contribution in [3.63, 3.8) is 0 Å². The van der Waals surface area contributed by atoms with Gasteiger partial charge in [0.25, 0.3) is 0 Å². The molecule has 0 aromatic carbocycles. The molecule has 0 spiro atoms. The lowest BCUT2D eigenvalue weighted by molar-refractivity contribution is -0.313. The van der Waals surface area contributed by atoms with Crippen molar-refractivity contribution in [2.45, 2.75) is 102 Å². The van der Waals surface area contributed by atoms with Crippen LogP contribution in [-0.4, -0.2) is 85.8 Å². The van der Waals surface area contributed by atoms with Gasteiger partial charge in [0.05, 0.1) is 50.3 Å². The molecule has 1 N–H and O–H groups in total. The van der Waals surface area contributed by atoms with Crippen molar-refractivity contribution < 1.29 is 38.3 Å². The summed E-state index contributed by atoms with van der Waals surface area (Å²) < 4.78 is 44.0. The Morgan fingerprint density at radius 2 is 1.56 bits per heavy atom. The maximum absolute atomic E-state index is 11.5. The number of hydrogen-bond donors (Lipinski definition) is 1. The van der Waals surface area contributed by atoms with Gasteiger partial charge in [0.1, 0.15) is 11.7 Å². The van der Waals surface area contributed by atoms with Crippen molar-refractivity contribution in [2.24, 2.45) is 22.7 Å². The standard InChI is InChI=1S/C26H40O8/c1-22(2)12-15(27)19-25(6)16(14-13-31-23(3,4)34-17(14)18-21(25)32-18)20(33-19)26(22,28-7)9-8-24(5)29-10-11-30-24/h8-9,14-21,27H,10-13H2,1-7H3/b9-8+/t14-,15+,16+,17+,18+,19-,20-,21+,25+,26+/m0/s1. The van der Waals surface area contributed by atoms with Crippen LogP contribution in [0.2, 0.25) is 0 Å². The van der Waals surface area contributed by atoms with Gasteiger partial charge in [0, 0.05) is 29.8 Å². The lowest BCUT2D eigenvalue weighted by Crippen LogP contribution is -2.66. The van der Waals surface area contributed by atoms with E-state index in [9.17, 15) is 5.11 Å². The van der Waals surface area contributed by atoms with E-state index in [-0.39, 0.29) is 47.8 Å². The van der Waals surface area contributed by atoms with Crippen molar-refractivity contribution in [2.75, 3.05) is 26.9 Å². The van der Waals surface area contributed by atoms with Gasteiger partial charge >= 0.3 is 0 Å². The van der Waals surface area contributed by atoms with Crippen LogP contribution in [0.15, 0.2) is 12.2 Å². The first-order valence-electron chi connectivity index (χ1n) is 12.7. The van der Waals surface area contributed by atoms with Crippen LogP contribution < -0.4 is 0 Å². The SMILES string of the molecule is CO[C@]1(/C=C/C2(C)OCCO2)[C@H]2O[C@@H]([C@H](O)CC1(C)C)[C@@]1(C)[C@@H]2[C@@H]2COC(C)(C)O[C@H]2[C@H]2O[C@H]21. The summed E-state index contributed by atoms with van der Waals surface area (Å²) >= 11 is 0. The van der Waals surface area contributed by atoms with E-state index >= 15 is 0 Å². The van der Waals surface area contributed by atoms with E-state index in [2.05, 4.69) is 26.8 Å². The van der Waals surface area contributed by atoms with Gasteiger partial charge in [-0.25, -0.2) is 0 Å². The van der Waals surface area contributed by atoms with Crippen molar-refractivity contribution in [1.29, 1.82) is 0 Å². The Labute approximate surface area is 202 Å². The molecule has 2 bridgehead atoms. The van der Waals surface area contributed by atoms with Crippen LogP contribution in [0.5, 0.6) is 0 Å². The molecule has 0 unspecified atom stereocenters. The van der Waals surface area contributed by atoms with Gasteiger partial charge in [0.15, 0.2) is 11.6 Å². The fraction of sp³-hybridized carbons (Fsp3) is 0.923. The van der Waals surface area contributed by atoms with Crippen LogP contribution in [-0.2, 0) is 33.2 Å². The molecule has 6 aliphatic rings. The number of fused-ring (bicyclic) bond motifs is 10. The summed E-state index contributed by atoms with van der Waals surface area (Å²) in [5.41, 5.74) is -1.63. The Kier molecular flexibility index (Phi) is 5.08. The average Bonchev–Trinajstić information content (AvgIpc) is 3.38. The molecule has 0 aromatic heterocycles. The maximum Gasteiger partial charge on any atom is 0.185 e. The number of rotatable bonds is 3. The predicted molar refractivity (Wildman–Crippen MR) is 121 cm³/mol. The zero-order valence-electron chi connectivity index (χ0n) is 21.4. The third kappa shape index (κ3) is 3.06. The van der Waals surface area contributed by atoms with Crippen LogP contribution >= 0.6 is 0 Å². The largest absolute Gasteiger partial charge is 0.390 e. The topological polar surface area (TPSA) is 88.1 Å². The molecule has 8 nitrogen and oxygen atoms in total. The predicted octanol–water partition coefficient (Wildman–Crippen LogP) is 2.42. The normalized spacial score (nSPS) is 54.2. The molecule has 10 atom stereocenters. The summed E-state index contributed by atoms with van der Waals surface area (Å²) in [7, 11) is 1.74. The lowest BCUT2D eigenvalue weighted by Gasteiger charge is -2.56. The van der Waals surface area contributed by atoms with E-state index in [1.807, 2.05) is 26.8 Å². The van der Waals surface area contributed by atoms with Crippen LogP contribution in [0.1, 0.15) is 48.0 Å². The molecule has 0 aromatic rings. The van der Waals surface area contributed by atoms with Gasteiger partial charge in [-0.05, 0) is 39.3 Å². The van der Waals surface area contributed by atoms with Crippen molar-refractivity contribution in [1.82, 2.24) is 0 Å². The first kappa shape index (κ1) is 23.8. The molecule has 192 valence electrons. The molecular formula is C26H40O8. The van der Waals surface area contributed by atoms with Gasteiger partial charge in [-0.1, -0.05) is 20.8 Å². The van der Waals surface area contributed by atoms with E-state index in [1.54, 1.807) is 7.11 Å². The quantitative estimate of drug-likeness (QED) is 0.487. The third-order valence-corrected chi connectivity index (χ3v) is 9.72. The van der Waals surface area contributed by atoms with Gasteiger partial charge in [-0.3, -0.25) is 0 Å². The molecule has 8 heteroatoms. The van der Waals surface area contributed by atoms with E-state index in [0.717, 1.165) is 0 Å². The number of hydrogen-bond acceptors (Lipinski definition) is 8. The number of methoxy groups -OCH3 is 1. The summed E-state index contributed by atoms with van der Waals surface area (Å²) in [6.07, 6.45) is 3.17. The number of aliphatic hydroxyl groups is 1. The van der Waals surface area contributed by atoms with Crippen molar-refractivity contribution >= 4 is 0 Å². The zero-order valence-corrected chi connectivity index (χ0v) is 21.4. The smallest absolute Gasteiger partial charge is 0.185 e. The number of aliphatic hydroxyl groups excluding tert-OH is 1. The molecule has 0 radical (unpaired) electrons. The van der Waals surface area contributed by atoms with Gasteiger partial charge in [0.2, 0.25) is 0 Å². The second-order valence-electron chi connectivity index (χ2n) is 12.5. The van der Waals surface area contributed by atoms with Crippen molar-refractivity contribution in [3.05, 3.63) is 12.2 Å². The molecule has 1 aliphatic carbocycles. The molecule has 5 heterocycles. The highest BCUT2D eigenvalue weighted by atomic mass is 16.7. The van der Waals surface area contributed by atoms with E-state index in [1.165, 1.54) is 0 Å². The number of ether oxygens (including phenoxy) is 7. The second-order valence-corrected chi connectivity index (χ2v) is 12.5. The monoisotopic (exact) mass is 480 g/mol. The lowest BCUT2D eigenvalue weighted by atomic mass is 9.52. The minimum absolute atomic E-state index is 0.00518. The highest BCUT2D eigenvalue weighted by Crippen LogP contribution is 2.68. The van der Waals surface area contributed by atoms with Gasteiger partial charge in [-0.15, -0.1) is 0 Å². The van der Waals surface area contributed by atoms with Crippen LogP contribution in [0.3, 0.4) is 0 Å². The van der Waals surface area contributed by atoms with E-state index in [4.69, 9.17) is 33.2 Å². The first-order chi connectivity index (χ1) is 15.9. The highest BCUT2D eigenvalue weighted by molar-refractivity contribution is 5.29. The Morgan fingerprint density at radius 3 is 2.24 bits per heavy atom. The van der Waals surface area contributed by atoms with E-state index < -0.39 is 28.7 Å². The molecule has 1 saturated carbocycles. The number of epoxide rings is 1.